The quantitative estimate of drug-likeness (QED) is 0.500. The number of carbonyl (C=O) groups excluding carboxylic acids is 2. The highest BCUT2D eigenvalue weighted by molar-refractivity contribution is 5.99. The first kappa shape index (κ1) is 8.68. The summed E-state index contributed by atoms with van der Waals surface area (Å²) in [5.41, 5.74) is 4.93. The number of hydrogen-bond donors (Lipinski definition) is 1. The van der Waals surface area contributed by atoms with Gasteiger partial charge in [0.05, 0.1) is 0 Å². The van der Waals surface area contributed by atoms with Gasteiger partial charge in [0.1, 0.15) is 0 Å². The van der Waals surface area contributed by atoms with Crippen molar-refractivity contribution in [3.05, 3.63) is 12.3 Å². The Hall–Kier alpha value is -1.32. The molecule has 0 atom stereocenters. The van der Waals surface area contributed by atoms with Gasteiger partial charge in [-0.05, 0) is 6.20 Å². The van der Waals surface area contributed by atoms with E-state index in [1.807, 2.05) is 0 Å². The van der Waals surface area contributed by atoms with Crippen LogP contribution in [-0.2, 0) is 9.59 Å². The molecule has 4 heteroatoms. The topological polar surface area (TPSA) is 63.4 Å². The number of rotatable bonds is 1. The first-order valence-electron chi connectivity index (χ1n) is 2.76. The van der Waals surface area contributed by atoms with Crippen LogP contribution in [0.1, 0.15) is 6.92 Å². The second-order valence-corrected chi connectivity index (χ2v) is 1.78. The lowest BCUT2D eigenvalue weighted by Gasteiger charge is -2.08. The Balaban J connectivity index is 4.08. The van der Waals surface area contributed by atoms with Crippen LogP contribution in [0.15, 0.2) is 12.3 Å². The summed E-state index contributed by atoms with van der Waals surface area (Å²) < 4.78 is 0. The molecule has 0 heterocycles. The fourth-order valence-electron chi connectivity index (χ4n) is 0.349. The minimum Gasteiger partial charge on any atom is -0.404 e. The molecule has 2 N–H and O–H groups in total. The highest BCUT2D eigenvalue weighted by Gasteiger charge is 2.07. The molecule has 0 unspecified atom stereocenters. The van der Waals surface area contributed by atoms with Crippen LogP contribution in [0.2, 0.25) is 0 Å². The number of nitrogens with two attached hydrogens (primary N) is 1. The maximum absolute atomic E-state index is 10.7. The Bertz CT molecular complexity index is 175. The normalized spacial score (nSPS) is 9.80. The predicted molar refractivity (Wildman–Crippen MR) is 36.8 cm³/mol. The highest BCUT2D eigenvalue weighted by atomic mass is 16.2. The lowest BCUT2D eigenvalue weighted by Crippen LogP contribution is -2.29. The zero-order valence-corrected chi connectivity index (χ0v) is 6.00. The monoisotopic (exact) mass is 142 g/mol. The highest BCUT2D eigenvalue weighted by Crippen LogP contribution is 1.85. The maximum atomic E-state index is 10.7. The summed E-state index contributed by atoms with van der Waals surface area (Å²) in [4.78, 5) is 22.2. The summed E-state index contributed by atoms with van der Waals surface area (Å²) in [5.74, 6) is -0.710. The van der Waals surface area contributed by atoms with E-state index in [1.54, 1.807) is 0 Å². The SMILES string of the molecule is CC(=O)N(C)C(=O)/C=C\N. The van der Waals surface area contributed by atoms with Crippen LogP contribution in [0, 0.1) is 0 Å². The average molecular weight is 142 g/mol. The van der Waals surface area contributed by atoms with E-state index in [4.69, 9.17) is 5.73 Å². The summed E-state index contributed by atoms with van der Waals surface area (Å²) in [6.45, 7) is 1.31. The van der Waals surface area contributed by atoms with Gasteiger partial charge in [0, 0.05) is 20.0 Å². The largest absolute Gasteiger partial charge is 0.404 e. The molecule has 0 rings (SSSR count). The fraction of sp³-hybridized carbons (Fsp3) is 0.333. The van der Waals surface area contributed by atoms with Crippen LogP contribution in [0.25, 0.3) is 0 Å². The van der Waals surface area contributed by atoms with Crippen LogP contribution in [0.3, 0.4) is 0 Å². The maximum Gasteiger partial charge on any atom is 0.254 e. The van der Waals surface area contributed by atoms with Gasteiger partial charge in [-0.25, -0.2) is 0 Å². The molecule has 4 nitrogen and oxygen atoms in total. The van der Waals surface area contributed by atoms with Crippen molar-refractivity contribution in [3.8, 4) is 0 Å². The summed E-state index contributed by atoms with van der Waals surface area (Å²) >= 11 is 0. The molecule has 0 saturated carbocycles. The summed E-state index contributed by atoms with van der Waals surface area (Å²) in [7, 11) is 1.39. The molecule has 56 valence electrons. The zero-order chi connectivity index (χ0) is 8.15. The molecule has 2 amide bonds. The smallest absolute Gasteiger partial charge is 0.254 e. The Morgan fingerprint density at radius 2 is 2.00 bits per heavy atom. The first-order valence-corrected chi connectivity index (χ1v) is 2.76. The van der Waals surface area contributed by atoms with Gasteiger partial charge in [-0.2, -0.15) is 0 Å². The van der Waals surface area contributed by atoms with E-state index in [-0.39, 0.29) is 5.91 Å². The van der Waals surface area contributed by atoms with E-state index < -0.39 is 5.91 Å². The molecule has 0 spiro atoms. The van der Waals surface area contributed by atoms with Crippen molar-refractivity contribution < 1.29 is 9.59 Å². The lowest BCUT2D eigenvalue weighted by atomic mass is 10.5. The van der Waals surface area contributed by atoms with Crippen molar-refractivity contribution in [2.24, 2.45) is 5.73 Å². The van der Waals surface area contributed by atoms with Gasteiger partial charge in [0.25, 0.3) is 5.91 Å². The van der Waals surface area contributed by atoms with E-state index in [1.165, 1.54) is 14.0 Å². The Labute approximate surface area is 59.3 Å². The number of imide groups is 1. The molecule has 0 aromatic rings. The Morgan fingerprint density at radius 3 is 2.30 bits per heavy atom. The van der Waals surface area contributed by atoms with E-state index >= 15 is 0 Å². The minimum atomic E-state index is -0.407. The van der Waals surface area contributed by atoms with Crippen LogP contribution >= 0.6 is 0 Å². The standard InChI is InChI=1S/C6H10N2O2/c1-5(9)8(2)6(10)3-4-7/h3-4H,7H2,1-2H3/b4-3-. The van der Waals surface area contributed by atoms with E-state index in [2.05, 4.69) is 0 Å². The molecule has 0 saturated heterocycles. The Morgan fingerprint density at radius 1 is 1.50 bits per heavy atom. The lowest BCUT2D eigenvalue weighted by molar-refractivity contribution is -0.138. The molecule has 0 bridgehead atoms. The number of nitrogens with zero attached hydrogens (tertiary/aromatic N) is 1. The third-order valence-corrected chi connectivity index (χ3v) is 1.04. The van der Waals surface area contributed by atoms with Crippen LogP contribution < -0.4 is 5.73 Å². The molecular formula is C6H10N2O2. The molecule has 0 radical (unpaired) electrons. The van der Waals surface area contributed by atoms with Gasteiger partial charge < -0.3 is 5.73 Å². The average Bonchev–Trinajstić information content (AvgIpc) is 1.87. The molecule has 0 aliphatic heterocycles. The van der Waals surface area contributed by atoms with Crippen molar-refractivity contribution >= 4 is 11.8 Å². The van der Waals surface area contributed by atoms with Gasteiger partial charge in [0.2, 0.25) is 5.91 Å². The second-order valence-electron chi connectivity index (χ2n) is 1.78. The molecule has 0 aliphatic rings. The predicted octanol–water partition coefficient (Wildman–Crippen LogP) is -0.536. The van der Waals surface area contributed by atoms with Gasteiger partial charge in [-0.1, -0.05) is 0 Å². The van der Waals surface area contributed by atoms with Crippen LogP contribution in [0.5, 0.6) is 0 Å². The second kappa shape index (κ2) is 3.66. The van der Waals surface area contributed by atoms with E-state index in [9.17, 15) is 9.59 Å². The summed E-state index contributed by atoms with van der Waals surface area (Å²) in [6, 6.07) is 0. The molecule has 0 aliphatic carbocycles. The summed E-state index contributed by atoms with van der Waals surface area (Å²) in [5, 5.41) is 0. The van der Waals surface area contributed by atoms with Crippen molar-refractivity contribution in [2.75, 3.05) is 7.05 Å². The number of amides is 2. The zero-order valence-electron chi connectivity index (χ0n) is 6.00. The van der Waals surface area contributed by atoms with Crippen molar-refractivity contribution in [3.63, 3.8) is 0 Å². The summed E-state index contributed by atoms with van der Waals surface area (Å²) in [6.07, 6.45) is 2.23. The first-order chi connectivity index (χ1) is 4.59. The molecular weight excluding hydrogens is 132 g/mol. The van der Waals surface area contributed by atoms with Gasteiger partial charge in [0.15, 0.2) is 0 Å². The van der Waals surface area contributed by atoms with Gasteiger partial charge in [-0.3, -0.25) is 14.5 Å². The molecule has 0 fully saturated rings. The van der Waals surface area contributed by atoms with Crippen molar-refractivity contribution in [1.82, 2.24) is 4.90 Å². The van der Waals surface area contributed by atoms with Crippen LogP contribution in [-0.4, -0.2) is 23.8 Å². The van der Waals surface area contributed by atoms with E-state index in [0.717, 1.165) is 17.2 Å². The molecule has 10 heavy (non-hydrogen) atoms. The van der Waals surface area contributed by atoms with Crippen molar-refractivity contribution in [1.29, 1.82) is 0 Å². The number of hydrogen-bond acceptors (Lipinski definition) is 3. The van der Waals surface area contributed by atoms with E-state index in [0.29, 0.717) is 0 Å². The van der Waals surface area contributed by atoms with Gasteiger partial charge in [-0.15, -0.1) is 0 Å². The molecule has 0 aromatic heterocycles. The van der Waals surface area contributed by atoms with Crippen molar-refractivity contribution in [2.45, 2.75) is 6.92 Å². The number of carbonyl (C=O) groups is 2. The minimum absolute atomic E-state index is 0.303. The third-order valence-electron chi connectivity index (χ3n) is 1.04. The molecule has 0 aromatic carbocycles. The number of likely N-dealkylation sites (N-methyl/N-ethyl adjacent to an activating group) is 1. The fourth-order valence-corrected chi connectivity index (χ4v) is 0.349. The van der Waals surface area contributed by atoms with Gasteiger partial charge >= 0.3 is 0 Å². The third kappa shape index (κ3) is 2.30. The van der Waals surface area contributed by atoms with Crippen LogP contribution in [0.4, 0.5) is 0 Å². The Kier molecular flexibility index (Phi) is 3.17.